The maximum atomic E-state index is 4.74. The second-order valence-corrected chi connectivity index (χ2v) is 5.78. The van der Waals surface area contributed by atoms with E-state index in [1.165, 1.54) is 25.7 Å². The van der Waals surface area contributed by atoms with E-state index in [-0.39, 0.29) is 0 Å². The molecule has 3 heteroatoms. The quantitative estimate of drug-likeness (QED) is 0.537. The number of guanidine groups is 1. The summed E-state index contributed by atoms with van der Waals surface area (Å²) in [5.41, 5.74) is 0. The predicted molar refractivity (Wildman–Crippen MR) is 68.6 cm³/mol. The highest BCUT2D eigenvalue weighted by Crippen LogP contribution is 2.51. The van der Waals surface area contributed by atoms with Crippen LogP contribution in [0.4, 0.5) is 0 Å². The third-order valence-corrected chi connectivity index (χ3v) is 4.00. The molecule has 92 valence electrons. The van der Waals surface area contributed by atoms with E-state index in [0.29, 0.717) is 0 Å². The number of hydrogen-bond acceptors (Lipinski definition) is 1. The molecule has 0 amide bonds. The first-order valence-corrected chi connectivity index (χ1v) is 6.48. The van der Waals surface area contributed by atoms with Crippen LogP contribution in [0.2, 0.25) is 0 Å². The van der Waals surface area contributed by atoms with Crippen LogP contribution in [0.25, 0.3) is 0 Å². The Hall–Kier alpha value is -0.730. The van der Waals surface area contributed by atoms with Crippen molar-refractivity contribution in [2.75, 3.05) is 34.7 Å². The minimum atomic E-state index is 0.889. The van der Waals surface area contributed by atoms with Crippen molar-refractivity contribution in [2.24, 2.45) is 22.7 Å². The van der Waals surface area contributed by atoms with Crippen molar-refractivity contribution < 1.29 is 0 Å². The Morgan fingerprint density at radius 2 is 1.75 bits per heavy atom. The molecular formula is C13H25N3. The molecule has 0 spiro atoms. The Labute approximate surface area is 99.5 Å². The molecule has 0 aromatic heterocycles. The van der Waals surface area contributed by atoms with Crippen LogP contribution < -0.4 is 0 Å². The highest BCUT2D eigenvalue weighted by Gasteiger charge is 2.44. The zero-order chi connectivity index (χ0) is 11.7. The number of nitrogens with zero attached hydrogens (tertiary/aromatic N) is 3. The van der Waals surface area contributed by atoms with Gasteiger partial charge in [-0.1, -0.05) is 19.3 Å². The topological polar surface area (TPSA) is 18.8 Å². The average Bonchev–Trinajstić information content (AvgIpc) is 2.80. The van der Waals surface area contributed by atoms with E-state index in [9.17, 15) is 0 Å². The van der Waals surface area contributed by atoms with Crippen LogP contribution in [0.3, 0.4) is 0 Å². The van der Waals surface area contributed by atoms with Gasteiger partial charge in [-0.2, -0.15) is 0 Å². The van der Waals surface area contributed by atoms with Crippen molar-refractivity contribution in [3.63, 3.8) is 0 Å². The van der Waals surface area contributed by atoms with E-state index < -0.39 is 0 Å². The molecule has 0 aromatic rings. The zero-order valence-electron chi connectivity index (χ0n) is 11.1. The van der Waals surface area contributed by atoms with Gasteiger partial charge < -0.3 is 9.80 Å². The summed E-state index contributed by atoms with van der Waals surface area (Å²) in [6.07, 6.45) is 5.87. The van der Waals surface area contributed by atoms with Crippen molar-refractivity contribution in [3.05, 3.63) is 0 Å². The standard InChI is InChI=1S/C13H25N3/c1-15(2)13(16(3)4)14-9-11-8-12(11)10-6-5-7-10/h10-12H,5-9H2,1-4H3/t11-,12-/m0/s1. The van der Waals surface area contributed by atoms with E-state index in [2.05, 4.69) is 38.0 Å². The Kier molecular flexibility index (Phi) is 3.41. The molecule has 0 saturated heterocycles. The highest BCUT2D eigenvalue weighted by atomic mass is 15.3. The lowest BCUT2D eigenvalue weighted by atomic mass is 9.81. The van der Waals surface area contributed by atoms with Gasteiger partial charge in [0, 0.05) is 34.7 Å². The van der Waals surface area contributed by atoms with Crippen LogP contribution in [-0.4, -0.2) is 50.5 Å². The largest absolute Gasteiger partial charge is 0.349 e. The van der Waals surface area contributed by atoms with Crippen molar-refractivity contribution in [1.29, 1.82) is 0 Å². The molecule has 0 N–H and O–H groups in total. The lowest BCUT2D eigenvalue weighted by molar-refractivity contribution is 0.266. The summed E-state index contributed by atoms with van der Waals surface area (Å²) in [6, 6.07) is 0. The van der Waals surface area contributed by atoms with Gasteiger partial charge in [-0.15, -0.1) is 0 Å². The van der Waals surface area contributed by atoms with E-state index in [1.54, 1.807) is 0 Å². The van der Waals surface area contributed by atoms with Gasteiger partial charge in [0.2, 0.25) is 0 Å². The van der Waals surface area contributed by atoms with Gasteiger partial charge in [0.25, 0.3) is 0 Å². The normalized spacial score (nSPS) is 28.2. The van der Waals surface area contributed by atoms with Gasteiger partial charge in [-0.3, -0.25) is 4.99 Å². The lowest BCUT2D eigenvalue weighted by Crippen LogP contribution is -2.35. The molecule has 0 radical (unpaired) electrons. The van der Waals surface area contributed by atoms with E-state index >= 15 is 0 Å². The summed E-state index contributed by atoms with van der Waals surface area (Å²) in [5, 5.41) is 0. The molecule has 16 heavy (non-hydrogen) atoms. The Bertz CT molecular complexity index is 256. The smallest absolute Gasteiger partial charge is 0.195 e. The molecule has 0 unspecified atom stereocenters. The average molecular weight is 223 g/mol. The van der Waals surface area contributed by atoms with Gasteiger partial charge in [0.05, 0.1) is 0 Å². The summed E-state index contributed by atoms with van der Waals surface area (Å²) >= 11 is 0. The molecule has 0 aliphatic heterocycles. The third kappa shape index (κ3) is 2.50. The van der Waals surface area contributed by atoms with E-state index in [4.69, 9.17) is 4.99 Å². The van der Waals surface area contributed by atoms with Gasteiger partial charge in [0.1, 0.15) is 0 Å². The Morgan fingerprint density at radius 1 is 1.12 bits per heavy atom. The summed E-state index contributed by atoms with van der Waals surface area (Å²) in [7, 11) is 8.26. The SMILES string of the molecule is CN(C)C(=NC[C@@H]1C[C@H]1C1CCC1)N(C)C. The summed E-state index contributed by atoms with van der Waals surface area (Å²) in [4.78, 5) is 8.94. The van der Waals surface area contributed by atoms with Gasteiger partial charge in [-0.25, -0.2) is 0 Å². The van der Waals surface area contributed by atoms with Gasteiger partial charge in [0.15, 0.2) is 5.96 Å². The Morgan fingerprint density at radius 3 is 2.19 bits per heavy atom. The van der Waals surface area contributed by atoms with Crippen LogP contribution in [0, 0.1) is 17.8 Å². The van der Waals surface area contributed by atoms with Crippen LogP contribution in [-0.2, 0) is 0 Å². The molecule has 2 saturated carbocycles. The molecule has 2 atom stereocenters. The minimum absolute atomic E-state index is 0.889. The number of hydrogen-bond donors (Lipinski definition) is 0. The number of aliphatic imine (C=N–C) groups is 1. The van der Waals surface area contributed by atoms with E-state index in [1.807, 2.05) is 0 Å². The summed E-state index contributed by atoms with van der Waals surface area (Å²) in [5.74, 6) is 4.06. The lowest BCUT2D eigenvalue weighted by Gasteiger charge is -2.25. The predicted octanol–water partition coefficient (Wildman–Crippen LogP) is 1.90. The molecule has 3 nitrogen and oxygen atoms in total. The van der Waals surface area contributed by atoms with E-state index in [0.717, 1.165) is 30.3 Å². The maximum absolute atomic E-state index is 4.74. The van der Waals surface area contributed by atoms with Crippen molar-refractivity contribution in [2.45, 2.75) is 25.7 Å². The molecule has 0 bridgehead atoms. The van der Waals surface area contributed by atoms with Crippen molar-refractivity contribution >= 4 is 5.96 Å². The minimum Gasteiger partial charge on any atom is -0.349 e. The third-order valence-electron chi connectivity index (χ3n) is 4.00. The first-order valence-electron chi connectivity index (χ1n) is 6.48. The van der Waals surface area contributed by atoms with Crippen LogP contribution in [0.15, 0.2) is 4.99 Å². The second-order valence-electron chi connectivity index (χ2n) is 5.78. The fourth-order valence-corrected chi connectivity index (χ4v) is 2.81. The van der Waals surface area contributed by atoms with Crippen LogP contribution in [0.5, 0.6) is 0 Å². The maximum Gasteiger partial charge on any atom is 0.195 e. The van der Waals surface area contributed by atoms with Crippen molar-refractivity contribution in [3.8, 4) is 0 Å². The zero-order valence-corrected chi connectivity index (χ0v) is 11.1. The van der Waals surface area contributed by atoms with Crippen molar-refractivity contribution in [1.82, 2.24) is 9.80 Å². The first kappa shape index (κ1) is 11.7. The highest BCUT2D eigenvalue weighted by molar-refractivity contribution is 5.79. The van der Waals surface area contributed by atoms with Gasteiger partial charge in [-0.05, 0) is 24.2 Å². The summed E-state index contributed by atoms with van der Waals surface area (Å²) in [6.45, 7) is 1.03. The fourth-order valence-electron chi connectivity index (χ4n) is 2.81. The monoisotopic (exact) mass is 223 g/mol. The molecular weight excluding hydrogens is 198 g/mol. The summed E-state index contributed by atoms with van der Waals surface area (Å²) < 4.78 is 0. The van der Waals surface area contributed by atoms with Crippen LogP contribution in [0.1, 0.15) is 25.7 Å². The molecule has 2 aliphatic carbocycles. The molecule has 0 aromatic carbocycles. The molecule has 0 heterocycles. The second kappa shape index (κ2) is 4.64. The molecule has 2 rings (SSSR count). The number of rotatable bonds is 3. The fraction of sp³-hybridized carbons (Fsp3) is 0.923. The Balaban J connectivity index is 1.79. The van der Waals surface area contributed by atoms with Gasteiger partial charge >= 0.3 is 0 Å². The molecule has 2 fully saturated rings. The first-order chi connectivity index (χ1) is 7.59. The van der Waals surface area contributed by atoms with Crippen LogP contribution >= 0.6 is 0 Å². The molecule has 2 aliphatic rings.